The molecule has 0 aromatic heterocycles. The minimum atomic E-state index is -1.00. The number of ether oxygens (including phenoxy) is 1. The van der Waals surface area contributed by atoms with E-state index in [-0.39, 0.29) is 18.0 Å². The van der Waals surface area contributed by atoms with E-state index in [1.54, 1.807) is 0 Å². The number of hydrogen-bond donors (Lipinski definition) is 3. The van der Waals surface area contributed by atoms with Crippen molar-refractivity contribution in [2.24, 2.45) is 5.73 Å². The number of esters is 1. The van der Waals surface area contributed by atoms with Crippen LogP contribution in [0.3, 0.4) is 0 Å². The molecule has 0 aliphatic heterocycles. The van der Waals surface area contributed by atoms with Gasteiger partial charge in [-0.2, -0.15) is 0 Å². The fourth-order valence-electron chi connectivity index (χ4n) is 6.92. The van der Waals surface area contributed by atoms with Crippen molar-refractivity contribution >= 4 is 17.8 Å². The van der Waals surface area contributed by atoms with E-state index in [2.05, 4.69) is 31.3 Å². The number of unbranched alkanes of at least 4 members (excludes halogenated alkanes) is 25. The van der Waals surface area contributed by atoms with Crippen molar-refractivity contribution in [1.29, 1.82) is 0 Å². The summed E-state index contributed by atoms with van der Waals surface area (Å²) in [4.78, 5) is 36.4. The van der Waals surface area contributed by atoms with Gasteiger partial charge in [0.15, 0.2) is 0 Å². The molecule has 0 aromatic carbocycles. The molecule has 7 nitrogen and oxygen atoms in total. The fourth-order valence-corrected chi connectivity index (χ4v) is 6.92. The molecule has 2 unspecified atom stereocenters. The summed E-state index contributed by atoms with van der Waals surface area (Å²) in [6.45, 7) is 4.95. The lowest BCUT2D eigenvalue weighted by molar-refractivity contribution is -0.150. The SMILES string of the molecule is CCCCCCCC/C=C\CCCC(CCCCCCCC(=O)NC(CCCN)C(=O)O)OC(=O)CCCCCCCCCCCCCCCCC. The zero-order valence-electron chi connectivity index (χ0n) is 34.4. The zero-order valence-corrected chi connectivity index (χ0v) is 34.4. The van der Waals surface area contributed by atoms with E-state index in [0.717, 1.165) is 70.6 Å². The molecule has 2 atom stereocenters. The first-order chi connectivity index (χ1) is 25.4. The molecule has 0 spiro atoms. The number of carboxylic acids is 1. The highest BCUT2D eigenvalue weighted by Gasteiger charge is 2.19. The van der Waals surface area contributed by atoms with Crippen LogP contribution >= 0.6 is 0 Å². The first-order valence-corrected chi connectivity index (χ1v) is 22.5. The first-order valence-electron chi connectivity index (χ1n) is 22.5. The van der Waals surface area contributed by atoms with Gasteiger partial charge in [0.1, 0.15) is 12.1 Å². The lowest BCUT2D eigenvalue weighted by Gasteiger charge is -2.18. The number of nitrogens with one attached hydrogen (secondary N) is 1. The number of rotatable bonds is 41. The van der Waals surface area contributed by atoms with E-state index in [4.69, 9.17) is 10.5 Å². The Kier molecular flexibility index (Phi) is 38.8. The molecular weight excluding hydrogens is 649 g/mol. The predicted molar refractivity (Wildman–Crippen MR) is 221 cm³/mol. The van der Waals surface area contributed by atoms with Gasteiger partial charge in [-0.15, -0.1) is 0 Å². The largest absolute Gasteiger partial charge is 0.480 e. The molecular formula is C45H86N2O5. The van der Waals surface area contributed by atoms with Crippen LogP contribution in [0.2, 0.25) is 0 Å². The molecule has 0 rings (SSSR count). The van der Waals surface area contributed by atoms with Gasteiger partial charge in [-0.3, -0.25) is 9.59 Å². The van der Waals surface area contributed by atoms with E-state index in [0.29, 0.717) is 32.2 Å². The van der Waals surface area contributed by atoms with Crippen LogP contribution in [0.25, 0.3) is 0 Å². The maximum atomic E-state index is 12.8. The molecule has 7 heteroatoms. The predicted octanol–water partition coefficient (Wildman–Crippen LogP) is 12.7. The molecule has 0 aromatic rings. The van der Waals surface area contributed by atoms with Crippen LogP contribution in [0, 0.1) is 0 Å². The maximum Gasteiger partial charge on any atom is 0.326 e. The van der Waals surface area contributed by atoms with Crippen LogP contribution in [0.5, 0.6) is 0 Å². The van der Waals surface area contributed by atoms with Crippen molar-refractivity contribution in [2.45, 2.75) is 251 Å². The van der Waals surface area contributed by atoms with Gasteiger partial charge in [-0.25, -0.2) is 4.79 Å². The highest BCUT2D eigenvalue weighted by molar-refractivity contribution is 5.83. The topological polar surface area (TPSA) is 119 Å². The lowest BCUT2D eigenvalue weighted by Crippen LogP contribution is -2.40. The highest BCUT2D eigenvalue weighted by atomic mass is 16.5. The lowest BCUT2D eigenvalue weighted by atomic mass is 10.0. The van der Waals surface area contributed by atoms with Crippen molar-refractivity contribution in [2.75, 3.05) is 6.54 Å². The van der Waals surface area contributed by atoms with Crippen LogP contribution in [0.1, 0.15) is 239 Å². The third kappa shape index (κ3) is 36.5. The normalized spacial score (nSPS) is 12.7. The summed E-state index contributed by atoms with van der Waals surface area (Å²) in [7, 11) is 0. The quantitative estimate of drug-likeness (QED) is 0.0327. The summed E-state index contributed by atoms with van der Waals surface area (Å²) in [5.41, 5.74) is 5.48. The number of allylic oxidation sites excluding steroid dienone is 2. The van der Waals surface area contributed by atoms with E-state index < -0.39 is 12.0 Å². The highest BCUT2D eigenvalue weighted by Crippen LogP contribution is 2.18. The van der Waals surface area contributed by atoms with Gasteiger partial charge in [0.25, 0.3) is 0 Å². The second-order valence-electron chi connectivity index (χ2n) is 15.5. The zero-order chi connectivity index (χ0) is 38.2. The van der Waals surface area contributed by atoms with Gasteiger partial charge in [0.05, 0.1) is 0 Å². The van der Waals surface area contributed by atoms with Crippen LogP contribution in [0.4, 0.5) is 0 Å². The van der Waals surface area contributed by atoms with Gasteiger partial charge in [0.2, 0.25) is 5.91 Å². The molecule has 0 saturated carbocycles. The number of carboxylic acid groups (broad SMARTS) is 1. The van der Waals surface area contributed by atoms with Crippen molar-refractivity contribution < 1.29 is 24.2 Å². The molecule has 0 aliphatic carbocycles. The summed E-state index contributed by atoms with van der Waals surface area (Å²) in [6.07, 6.45) is 44.0. The smallest absolute Gasteiger partial charge is 0.326 e. The standard InChI is InChI=1S/C45H86N2O5/c1-3-5-7-9-11-13-15-16-17-18-20-22-24-29-33-39-44(49)52-41(35-30-26-23-21-19-14-12-10-8-6-4-2)36-31-27-25-28-32-38-43(48)47-42(45(50)51)37-34-40-46/h21,23,41-42H,3-20,22,24-40,46H2,1-2H3,(H,47,48)(H,50,51)/b23-21-. The van der Waals surface area contributed by atoms with Gasteiger partial charge >= 0.3 is 11.9 Å². The van der Waals surface area contributed by atoms with Crippen molar-refractivity contribution in [3.05, 3.63) is 12.2 Å². The molecule has 306 valence electrons. The summed E-state index contributed by atoms with van der Waals surface area (Å²) in [6, 6.07) is -0.856. The van der Waals surface area contributed by atoms with Gasteiger partial charge < -0.3 is 20.9 Å². The summed E-state index contributed by atoms with van der Waals surface area (Å²) in [5, 5.41) is 11.9. The van der Waals surface area contributed by atoms with E-state index in [1.807, 2.05) is 0 Å². The molecule has 1 amide bonds. The Morgan fingerprint density at radius 1 is 0.538 bits per heavy atom. The number of carbonyl (C=O) groups excluding carboxylic acids is 2. The number of hydrogen-bond acceptors (Lipinski definition) is 5. The van der Waals surface area contributed by atoms with Crippen LogP contribution in [-0.2, 0) is 19.1 Å². The first kappa shape index (κ1) is 50.1. The Morgan fingerprint density at radius 3 is 1.46 bits per heavy atom. The minimum Gasteiger partial charge on any atom is -0.480 e. The minimum absolute atomic E-state index is 0.0111. The Bertz CT molecular complexity index is 833. The average molecular weight is 735 g/mol. The maximum absolute atomic E-state index is 12.8. The monoisotopic (exact) mass is 735 g/mol. The second-order valence-corrected chi connectivity index (χ2v) is 15.5. The molecule has 0 heterocycles. The number of amides is 1. The molecule has 4 N–H and O–H groups in total. The van der Waals surface area contributed by atoms with Crippen LogP contribution in [-0.4, -0.2) is 41.6 Å². The van der Waals surface area contributed by atoms with E-state index >= 15 is 0 Å². The van der Waals surface area contributed by atoms with Crippen molar-refractivity contribution in [1.82, 2.24) is 5.32 Å². The molecule has 0 radical (unpaired) electrons. The molecule has 52 heavy (non-hydrogen) atoms. The summed E-state index contributed by atoms with van der Waals surface area (Å²) < 4.78 is 6.03. The number of carbonyl (C=O) groups is 3. The van der Waals surface area contributed by atoms with Crippen molar-refractivity contribution in [3.63, 3.8) is 0 Å². The van der Waals surface area contributed by atoms with Crippen LogP contribution < -0.4 is 11.1 Å². The van der Waals surface area contributed by atoms with Crippen molar-refractivity contribution in [3.8, 4) is 0 Å². The van der Waals surface area contributed by atoms with Gasteiger partial charge in [0, 0.05) is 12.8 Å². The molecule has 0 saturated heterocycles. The number of nitrogens with two attached hydrogens (primary N) is 1. The van der Waals surface area contributed by atoms with E-state index in [1.165, 1.54) is 128 Å². The molecule has 0 bridgehead atoms. The van der Waals surface area contributed by atoms with Crippen LogP contribution in [0.15, 0.2) is 12.2 Å². The summed E-state index contributed by atoms with van der Waals surface area (Å²) in [5.74, 6) is -1.24. The van der Waals surface area contributed by atoms with Gasteiger partial charge in [-0.05, 0) is 77.2 Å². The second kappa shape index (κ2) is 40.3. The summed E-state index contributed by atoms with van der Waals surface area (Å²) >= 11 is 0. The molecule has 0 aliphatic rings. The third-order valence-corrected chi connectivity index (χ3v) is 10.3. The Morgan fingerprint density at radius 2 is 0.962 bits per heavy atom. The van der Waals surface area contributed by atoms with E-state index in [9.17, 15) is 19.5 Å². The average Bonchev–Trinajstić information content (AvgIpc) is 3.13. The van der Waals surface area contributed by atoms with Gasteiger partial charge in [-0.1, -0.05) is 167 Å². The Balaban J connectivity index is 4.29. The third-order valence-electron chi connectivity index (χ3n) is 10.3. The fraction of sp³-hybridized carbons (Fsp3) is 0.889. The number of aliphatic carboxylic acids is 1. The molecule has 0 fully saturated rings. The Hall–Kier alpha value is -1.89. The Labute approximate surface area is 321 Å².